The van der Waals surface area contributed by atoms with Gasteiger partial charge in [0.1, 0.15) is 11.6 Å². The number of hydrogen-bond acceptors (Lipinski definition) is 6. The van der Waals surface area contributed by atoms with Crippen molar-refractivity contribution in [3.05, 3.63) is 83.3 Å². The van der Waals surface area contributed by atoms with Crippen molar-refractivity contribution < 1.29 is 23.7 Å². The maximum Gasteiger partial charge on any atom is 0.227 e. The van der Waals surface area contributed by atoms with Crippen LogP contribution < -0.4 is 4.74 Å². The summed E-state index contributed by atoms with van der Waals surface area (Å²) in [7, 11) is 1.63. The summed E-state index contributed by atoms with van der Waals surface area (Å²) >= 11 is 6.07. The lowest BCUT2D eigenvalue weighted by Crippen LogP contribution is -2.36. The van der Waals surface area contributed by atoms with Crippen molar-refractivity contribution in [1.29, 1.82) is 0 Å². The Bertz CT molecular complexity index is 1090. The molecule has 7 nitrogen and oxygen atoms in total. The van der Waals surface area contributed by atoms with Gasteiger partial charge >= 0.3 is 0 Å². The number of aromatic nitrogens is 2. The van der Waals surface area contributed by atoms with Crippen LogP contribution in [0.15, 0.2) is 61.2 Å². The highest BCUT2D eigenvalue weighted by Gasteiger charge is 2.23. The monoisotopic (exact) mass is 503 g/mol. The van der Waals surface area contributed by atoms with Crippen LogP contribution >= 0.6 is 11.6 Å². The van der Waals surface area contributed by atoms with Crippen LogP contribution in [-0.2, 0) is 16.0 Å². The molecule has 0 fully saturated rings. The minimum Gasteiger partial charge on any atom is -0.438 e. The van der Waals surface area contributed by atoms with Gasteiger partial charge in [-0.2, -0.15) is 5.10 Å². The Balaban J connectivity index is 1.94. The fraction of sp³-hybridized carbons (Fsp3) is 0.346. The average molecular weight is 504 g/mol. The van der Waals surface area contributed by atoms with Crippen LogP contribution in [0.3, 0.4) is 0 Å². The fourth-order valence-electron chi connectivity index (χ4n) is 3.54. The van der Waals surface area contributed by atoms with Crippen molar-refractivity contribution in [3.63, 3.8) is 0 Å². The van der Waals surface area contributed by atoms with E-state index >= 15 is 0 Å². The van der Waals surface area contributed by atoms with Gasteiger partial charge in [0.2, 0.25) is 5.88 Å². The summed E-state index contributed by atoms with van der Waals surface area (Å²) in [4.78, 5) is 2.04. The molecule has 1 atom stereocenters. The minimum absolute atomic E-state index is 0.186. The predicted molar refractivity (Wildman–Crippen MR) is 134 cm³/mol. The lowest BCUT2D eigenvalue weighted by Gasteiger charge is -2.25. The smallest absolute Gasteiger partial charge is 0.227 e. The number of methoxy groups -OCH3 is 1. The van der Waals surface area contributed by atoms with Crippen molar-refractivity contribution >= 4 is 11.6 Å². The average Bonchev–Trinajstić information content (AvgIpc) is 3.13. The molecule has 0 saturated heterocycles. The van der Waals surface area contributed by atoms with E-state index in [0.29, 0.717) is 49.5 Å². The number of benzene rings is 2. The van der Waals surface area contributed by atoms with Gasteiger partial charge in [-0.1, -0.05) is 23.7 Å². The van der Waals surface area contributed by atoms with Gasteiger partial charge in [-0.05, 0) is 43.3 Å². The topological polar surface area (TPSA) is 69.0 Å². The van der Waals surface area contributed by atoms with Crippen LogP contribution in [-0.4, -0.2) is 65.9 Å². The molecule has 0 amide bonds. The van der Waals surface area contributed by atoms with E-state index < -0.39 is 11.9 Å². The highest BCUT2D eigenvalue weighted by molar-refractivity contribution is 6.30. The molecule has 2 aromatic carbocycles. The molecule has 0 aliphatic carbocycles. The third-order valence-corrected chi connectivity index (χ3v) is 5.48. The second kappa shape index (κ2) is 13.4. The minimum atomic E-state index is -0.703. The summed E-state index contributed by atoms with van der Waals surface area (Å²) in [6, 6.07) is 13.2. The van der Waals surface area contributed by atoms with Crippen LogP contribution in [0.5, 0.6) is 11.6 Å². The van der Waals surface area contributed by atoms with Gasteiger partial charge in [0, 0.05) is 37.8 Å². The zero-order valence-corrected chi connectivity index (χ0v) is 20.7. The largest absolute Gasteiger partial charge is 0.438 e. The van der Waals surface area contributed by atoms with Crippen LogP contribution in [0, 0.1) is 12.7 Å². The van der Waals surface area contributed by atoms with E-state index in [1.807, 2.05) is 24.0 Å². The maximum atomic E-state index is 13.9. The van der Waals surface area contributed by atoms with Gasteiger partial charge in [-0.15, -0.1) is 6.58 Å². The lowest BCUT2D eigenvalue weighted by molar-refractivity contribution is 0.0192. The Morgan fingerprint density at radius 3 is 2.71 bits per heavy atom. The van der Waals surface area contributed by atoms with Crippen LogP contribution in [0.25, 0.3) is 5.69 Å². The number of aryl methyl sites for hydroxylation is 1. The Hall–Kier alpha value is -2.75. The second-order valence-electron chi connectivity index (χ2n) is 8.02. The molecule has 0 bridgehead atoms. The molecule has 1 N–H and O–H groups in total. The van der Waals surface area contributed by atoms with Gasteiger partial charge in [0.25, 0.3) is 0 Å². The quantitative estimate of drug-likeness (QED) is 0.252. The maximum absolute atomic E-state index is 13.9. The molecule has 0 saturated carbocycles. The second-order valence-corrected chi connectivity index (χ2v) is 8.46. The standard InChI is InChI=1S/C26H31ClFN3O4/c1-4-13-34-18-23(32)16-30(12-14-33-3)17-25-19(2)29-31(22-10-8-20(27)9-11-22)26(25)35-24-7-5-6-21(28)15-24/h4-11,15,23,32H,1,12-14,16-18H2,2-3H3/t23-/m1/s1. The molecular formula is C26H31ClFN3O4. The third-order valence-electron chi connectivity index (χ3n) is 5.23. The molecule has 1 heterocycles. The summed E-state index contributed by atoms with van der Waals surface area (Å²) in [5, 5.41) is 15.8. The molecule has 0 radical (unpaired) electrons. The summed E-state index contributed by atoms with van der Waals surface area (Å²) in [6.07, 6.45) is 0.936. The first-order valence-electron chi connectivity index (χ1n) is 11.3. The van der Waals surface area contributed by atoms with E-state index in [4.69, 9.17) is 30.9 Å². The molecule has 0 aliphatic rings. The fourth-order valence-corrected chi connectivity index (χ4v) is 3.67. The van der Waals surface area contributed by atoms with Crippen molar-refractivity contribution in [2.75, 3.05) is 40.0 Å². The zero-order valence-electron chi connectivity index (χ0n) is 20.0. The number of aliphatic hydroxyl groups is 1. The summed E-state index contributed by atoms with van der Waals surface area (Å²) < 4.78 is 32.4. The molecule has 1 aromatic heterocycles. The Morgan fingerprint density at radius 1 is 1.26 bits per heavy atom. The first-order valence-corrected chi connectivity index (χ1v) is 11.6. The van der Waals surface area contributed by atoms with Crippen LogP contribution in [0.1, 0.15) is 11.3 Å². The van der Waals surface area contributed by atoms with Gasteiger partial charge in [-0.3, -0.25) is 4.90 Å². The van der Waals surface area contributed by atoms with Crippen LogP contribution in [0.4, 0.5) is 4.39 Å². The highest BCUT2D eigenvalue weighted by Crippen LogP contribution is 2.32. The first-order chi connectivity index (χ1) is 16.9. The van der Waals surface area contributed by atoms with E-state index in [-0.39, 0.29) is 6.61 Å². The van der Waals surface area contributed by atoms with Crippen molar-refractivity contribution in [2.45, 2.75) is 19.6 Å². The molecule has 0 spiro atoms. The van der Waals surface area contributed by atoms with E-state index in [9.17, 15) is 9.50 Å². The van der Waals surface area contributed by atoms with Crippen molar-refractivity contribution in [3.8, 4) is 17.3 Å². The number of nitrogens with zero attached hydrogens (tertiary/aromatic N) is 3. The number of hydrogen-bond donors (Lipinski definition) is 1. The SMILES string of the molecule is C=CCOC[C@H](O)CN(CCOC)Cc1c(C)nn(-c2ccc(Cl)cc2)c1Oc1cccc(F)c1. The lowest BCUT2D eigenvalue weighted by atomic mass is 10.2. The molecule has 188 valence electrons. The van der Waals surface area contributed by atoms with Crippen LogP contribution in [0.2, 0.25) is 5.02 Å². The van der Waals surface area contributed by atoms with Gasteiger partial charge in [-0.25, -0.2) is 9.07 Å². The third kappa shape index (κ3) is 7.88. The van der Waals surface area contributed by atoms with Crippen molar-refractivity contribution in [1.82, 2.24) is 14.7 Å². The molecule has 9 heteroatoms. The molecular weight excluding hydrogens is 473 g/mol. The molecule has 3 rings (SSSR count). The van der Waals surface area contributed by atoms with Crippen molar-refractivity contribution in [2.24, 2.45) is 0 Å². The Labute approximate surface area is 210 Å². The normalized spacial score (nSPS) is 12.2. The Morgan fingerprint density at radius 2 is 2.03 bits per heavy atom. The van der Waals surface area contributed by atoms with E-state index in [2.05, 4.69) is 6.58 Å². The Kier molecular flexibility index (Phi) is 10.3. The molecule has 0 aliphatic heterocycles. The summed E-state index contributed by atoms with van der Waals surface area (Å²) in [5.41, 5.74) is 2.29. The number of rotatable bonds is 14. The molecule has 3 aromatic rings. The summed E-state index contributed by atoms with van der Waals surface area (Å²) in [5.74, 6) is 0.403. The first kappa shape index (κ1) is 26.8. The van der Waals surface area contributed by atoms with Gasteiger partial charge < -0.3 is 19.3 Å². The molecule has 0 unspecified atom stereocenters. The zero-order chi connectivity index (χ0) is 25.2. The highest BCUT2D eigenvalue weighted by atomic mass is 35.5. The number of halogens is 2. The van der Waals surface area contributed by atoms with E-state index in [0.717, 1.165) is 16.9 Å². The number of ether oxygens (including phenoxy) is 3. The van der Waals surface area contributed by atoms with Gasteiger partial charge in [0.15, 0.2) is 0 Å². The molecule has 35 heavy (non-hydrogen) atoms. The van der Waals surface area contributed by atoms with E-state index in [1.165, 1.54) is 12.1 Å². The predicted octanol–water partition coefficient (Wildman–Crippen LogP) is 4.78. The van der Waals surface area contributed by atoms with Gasteiger partial charge in [0.05, 0.1) is 42.9 Å². The number of aliphatic hydroxyl groups excluding tert-OH is 1. The van der Waals surface area contributed by atoms with E-state index in [1.54, 1.807) is 42.1 Å². The summed E-state index contributed by atoms with van der Waals surface area (Å²) in [6.45, 7) is 7.88.